The number of Topliss-reactive ketones (excluding diaryl/α,β-unsaturated/α-hetero) is 1. The van der Waals surface area contributed by atoms with E-state index in [4.69, 9.17) is 0 Å². The standard InChI is InChI=1S/C15H18OS/c1-2-10-5-6-11(17-10)15(16)14-12-8-3-4-9(7-8)13(12)14/h5-6,8-9,12-14H,2-4,7H2,1H3. The van der Waals surface area contributed by atoms with Gasteiger partial charge >= 0.3 is 0 Å². The number of hydrogen-bond donors (Lipinski definition) is 0. The number of rotatable bonds is 3. The van der Waals surface area contributed by atoms with E-state index in [0.29, 0.717) is 11.7 Å². The monoisotopic (exact) mass is 246 g/mol. The van der Waals surface area contributed by atoms with Crippen molar-refractivity contribution in [1.82, 2.24) is 0 Å². The first-order chi connectivity index (χ1) is 8.29. The molecule has 0 saturated heterocycles. The first-order valence-corrected chi connectivity index (χ1v) is 7.74. The lowest BCUT2D eigenvalue weighted by atomic mass is 9.99. The summed E-state index contributed by atoms with van der Waals surface area (Å²) in [5.74, 6) is 4.28. The second-order valence-electron chi connectivity index (χ2n) is 6.00. The third-order valence-electron chi connectivity index (χ3n) is 5.29. The lowest BCUT2D eigenvalue weighted by molar-refractivity contribution is 0.0948. The molecule has 0 amide bonds. The molecule has 2 bridgehead atoms. The summed E-state index contributed by atoms with van der Waals surface area (Å²) in [6.07, 6.45) is 5.30. The average Bonchev–Trinajstić information content (AvgIpc) is 2.79. The largest absolute Gasteiger partial charge is 0.293 e. The van der Waals surface area contributed by atoms with E-state index in [2.05, 4.69) is 19.1 Å². The minimum atomic E-state index is 0.421. The Morgan fingerprint density at radius 1 is 1.29 bits per heavy atom. The SMILES string of the molecule is CCc1ccc(C(=O)C2C3C4CCC(C4)C23)s1. The van der Waals surface area contributed by atoms with Crippen molar-refractivity contribution in [3.63, 3.8) is 0 Å². The number of fused-ring (bicyclic) bond motifs is 5. The molecule has 3 fully saturated rings. The number of carbonyl (C=O) groups is 1. The van der Waals surface area contributed by atoms with Gasteiger partial charge in [0.2, 0.25) is 0 Å². The van der Waals surface area contributed by atoms with Gasteiger partial charge in [-0.3, -0.25) is 4.79 Å². The molecule has 2 heteroatoms. The van der Waals surface area contributed by atoms with Crippen molar-refractivity contribution in [2.24, 2.45) is 29.6 Å². The highest BCUT2D eigenvalue weighted by Crippen LogP contribution is 2.70. The van der Waals surface area contributed by atoms with Gasteiger partial charge in [0, 0.05) is 10.8 Å². The first kappa shape index (κ1) is 10.3. The van der Waals surface area contributed by atoms with Crippen LogP contribution in [0.4, 0.5) is 0 Å². The summed E-state index contributed by atoms with van der Waals surface area (Å²) in [6.45, 7) is 2.16. The molecule has 0 N–H and O–H groups in total. The predicted octanol–water partition coefficient (Wildman–Crippen LogP) is 3.79. The normalized spacial score (nSPS) is 41.6. The van der Waals surface area contributed by atoms with E-state index in [1.807, 2.05) is 0 Å². The van der Waals surface area contributed by atoms with Gasteiger partial charge in [-0.1, -0.05) is 6.92 Å². The Kier molecular flexibility index (Phi) is 2.09. The fourth-order valence-corrected chi connectivity index (χ4v) is 5.48. The molecule has 0 spiro atoms. The summed E-state index contributed by atoms with van der Waals surface area (Å²) in [5.41, 5.74) is 0. The topological polar surface area (TPSA) is 17.1 Å². The smallest absolute Gasteiger partial charge is 0.176 e. The van der Waals surface area contributed by atoms with Crippen molar-refractivity contribution < 1.29 is 4.79 Å². The van der Waals surface area contributed by atoms with Crippen LogP contribution in [0.25, 0.3) is 0 Å². The van der Waals surface area contributed by atoms with Gasteiger partial charge in [0.05, 0.1) is 4.88 Å². The first-order valence-electron chi connectivity index (χ1n) is 6.92. The van der Waals surface area contributed by atoms with E-state index in [0.717, 1.165) is 35.0 Å². The van der Waals surface area contributed by atoms with E-state index in [9.17, 15) is 4.79 Å². The van der Waals surface area contributed by atoms with E-state index < -0.39 is 0 Å². The van der Waals surface area contributed by atoms with E-state index in [1.165, 1.54) is 24.1 Å². The van der Waals surface area contributed by atoms with Crippen molar-refractivity contribution in [2.45, 2.75) is 32.6 Å². The molecule has 4 rings (SSSR count). The molecule has 0 aliphatic heterocycles. The highest BCUT2D eigenvalue weighted by molar-refractivity contribution is 7.14. The van der Waals surface area contributed by atoms with Crippen molar-refractivity contribution in [2.75, 3.05) is 0 Å². The molecule has 3 aliphatic rings. The van der Waals surface area contributed by atoms with Crippen molar-refractivity contribution >= 4 is 17.1 Å². The third kappa shape index (κ3) is 1.33. The molecule has 4 atom stereocenters. The third-order valence-corrected chi connectivity index (χ3v) is 6.54. The van der Waals surface area contributed by atoms with Gasteiger partial charge in [-0.05, 0) is 61.5 Å². The summed E-state index contributed by atoms with van der Waals surface area (Å²) in [6, 6.07) is 4.19. The number of aryl methyl sites for hydroxylation is 1. The lowest BCUT2D eigenvalue weighted by Gasteiger charge is -2.06. The predicted molar refractivity (Wildman–Crippen MR) is 69.3 cm³/mol. The number of thiophene rings is 1. The highest BCUT2D eigenvalue weighted by Gasteiger charge is 2.67. The molecule has 90 valence electrons. The van der Waals surface area contributed by atoms with Crippen LogP contribution in [-0.2, 0) is 6.42 Å². The molecular weight excluding hydrogens is 228 g/mol. The van der Waals surface area contributed by atoms with E-state index in [-0.39, 0.29) is 0 Å². The number of carbonyl (C=O) groups excluding carboxylic acids is 1. The van der Waals surface area contributed by atoms with Gasteiger partial charge in [-0.2, -0.15) is 0 Å². The molecule has 1 aromatic heterocycles. The second kappa shape index (κ2) is 3.44. The van der Waals surface area contributed by atoms with Gasteiger partial charge in [0.15, 0.2) is 5.78 Å². The summed E-state index contributed by atoms with van der Waals surface area (Å²) in [7, 11) is 0. The molecule has 1 heterocycles. The van der Waals surface area contributed by atoms with Gasteiger partial charge in [-0.15, -0.1) is 11.3 Å². The van der Waals surface area contributed by atoms with Gasteiger partial charge < -0.3 is 0 Å². The zero-order valence-corrected chi connectivity index (χ0v) is 11.0. The molecule has 0 radical (unpaired) electrons. The molecule has 0 aromatic carbocycles. The Bertz CT molecular complexity index is 459. The van der Waals surface area contributed by atoms with Gasteiger partial charge in [0.25, 0.3) is 0 Å². The Morgan fingerprint density at radius 2 is 2.00 bits per heavy atom. The Morgan fingerprint density at radius 3 is 2.59 bits per heavy atom. The molecule has 17 heavy (non-hydrogen) atoms. The Labute approximate surface area is 106 Å². The molecular formula is C15H18OS. The molecule has 4 unspecified atom stereocenters. The maximum absolute atomic E-state index is 12.5. The Hall–Kier alpha value is -0.630. The Balaban J connectivity index is 1.55. The maximum atomic E-state index is 12.5. The zero-order valence-electron chi connectivity index (χ0n) is 10.2. The number of hydrogen-bond acceptors (Lipinski definition) is 2. The fraction of sp³-hybridized carbons (Fsp3) is 0.667. The van der Waals surface area contributed by atoms with E-state index >= 15 is 0 Å². The molecule has 3 aliphatic carbocycles. The zero-order chi connectivity index (χ0) is 11.6. The lowest BCUT2D eigenvalue weighted by Crippen LogP contribution is -2.08. The van der Waals surface area contributed by atoms with Gasteiger partial charge in [-0.25, -0.2) is 0 Å². The van der Waals surface area contributed by atoms with Crippen LogP contribution in [-0.4, -0.2) is 5.78 Å². The van der Waals surface area contributed by atoms with Crippen molar-refractivity contribution in [3.05, 3.63) is 21.9 Å². The van der Waals surface area contributed by atoms with Crippen LogP contribution in [0.2, 0.25) is 0 Å². The second-order valence-corrected chi connectivity index (χ2v) is 7.17. The van der Waals surface area contributed by atoms with Crippen molar-refractivity contribution in [1.29, 1.82) is 0 Å². The minimum absolute atomic E-state index is 0.421. The summed E-state index contributed by atoms with van der Waals surface area (Å²) in [5, 5.41) is 0. The fourth-order valence-electron chi connectivity index (χ4n) is 4.54. The van der Waals surface area contributed by atoms with Crippen LogP contribution in [0.3, 0.4) is 0 Å². The van der Waals surface area contributed by atoms with Crippen molar-refractivity contribution in [3.8, 4) is 0 Å². The summed E-state index contributed by atoms with van der Waals surface area (Å²) in [4.78, 5) is 14.9. The van der Waals surface area contributed by atoms with Crippen LogP contribution >= 0.6 is 11.3 Å². The van der Waals surface area contributed by atoms with Crippen LogP contribution in [0.5, 0.6) is 0 Å². The molecule has 1 nitrogen and oxygen atoms in total. The van der Waals surface area contributed by atoms with Crippen LogP contribution < -0.4 is 0 Å². The highest BCUT2D eigenvalue weighted by atomic mass is 32.1. The molecule has 3 saturated carbocycles. The van der Waals surface area contributed by atoms with Gasteiger partial charge in [0.1, 0.15) is 0 Å². The minimum Gasteiger partial charge on any atom is -0.293 e. The maximum Gasteiger partial charge on any atom is 0.176 e. The summed E-state index contributed by atoms with van der Waals surface area (Å²) >= 11 is 1.72. The van der Waals surface area contributed by atoms with Crippen LogP contribution in [0.15, 0.2) is 12.1 Å². The quantitative estimate of drug-likeness (QED) is 0.742. The summed E-state index contributed by atoms with van der Waals surface area (Å²) < 4.78 is 0. The average molecular weight is 246 g/mol. The molecule has 1 aromatic rings. The number of ketones is 1. The van der Waals surface area contributed by atoms with Crippen LogP contribution in [0, 0.1) is 29.6 Å². The van der Waals surface area contributed by atoms with Crippen LogP contribution in [0.1, 0.15) is 40.7 Å². The van der Waals surface area contributed by atoms with E-state index in [1.54, 1.807) is 11.3 Å².